The minimum Gasteiger partial charge on any atom is -0.267 e. The Morgan fingerprint density at radius 2 is 1.76 bits per heavy atom. The summed E-state index contributed by atoms with van der Waals surface area (Å²) < 4.78 is 15.1. The molecule has 126 valence electrons. The maximum atomic E-state index is 13.7. The Morgan fingerprint density at radius 1 is 1.04 bits per heavy atom. The van der Waals surface area contributed by atoms with Crippen molar-refractivity contribution < 1.29 is 14.0 Å². The number of carbonyl (C=O) groups is 2. The molecule has 0 saturated heterocycles. The van der Waals surface area contributed by atoms with E-state index in [1.165, 1.54) is 35.3 Å². The lowest BCUT2D eigenvalue weighted by atomic mass is 10.2. The van der Waals surface area contributed by atoms with Crippen molar-refractivity contribution in [3.8, 4) is 5.69 Å². The maximum absolute atomic E-state index is 13.7. The van der Waals surface area contributed by atoms with E-state index in [0.29, 0.717) is 5.69 Å². The molecule has 0 aliphatic heterocycles. The second-order valence-electron chi connectivity index (χ2n) is 4.81. The number of aromatic nitrogens is 4. The molecule has 3 rings (SSSR count). The van der Waals surface area contributed by atoms with Gasteiger partial charge in [-0.25, -0.2) is 9.07 Å². The van der Waals surface area contributed by atoms with Crippen LogP contribution in [0.4, 0.5) is 4.39 Å². The molecule has 10 heteroatoms. The van der Waals surface area contributed by atoms with Crippen LogP contribution in [0.15, 0.2) is 48.8 Å². The number of nitrogens with zero attached hydrogens (tertiary/aromatic N) is 4. The number of amides is 2. The normalized spacial score (nSPS) is 10.3. The zero-order valence-electron chi connectivity index (χ0n) is 12.5. The van der Waals surface area contributed by atoms with E-state index in [-0.39, 0.29) is 16.1 Å². The molecule has 3 aromatic rings. The number of benzene rings is 2. The second kappa shape index (κ2) is 7.05. The average molecular weight is 361 g/mol. The number of rotatable bonds is 3. The Kier molecular flexibility index (Phi) is 4.66. The first-order valence-corrected chi connectivity index (χ1v) is 7.32. The van der Waals surface area contributed by atoms with E-state index >= 15 is 0 Å². The lowest BCUT2D eigenvalue weighted by Gasteiger charge is -2.09. The van der Waals surface area contributed by atoms with Gasteiger partial charge in [-0.3, -0.25) is 20.4 Å². The number of hydrogen-bond acceptors (Lipinski definition) is 5. The van der Waals surface area contributed by atoms with Crippen molar-refractivity contribution in [3.05, 3.63) is 70.8 Å². The molecule has 0 fully saturated rings. The van der Waals surface area contributed by atoms with E-state index in [0.717, 1.165) is 6.07 Å². The average Bonchev–Trinajstić information content (AvgIpc) is 3.14. The van der Waals surface area contributed by atoms with Crippen LogP contribution in [0.25, 0.3) is 5.69 Å². The summed E-state index contributed by atoms with van der Waals surface area (Å²) in [7, 11) is 0. The number of carbonyl (C=O) groups excluding carboxylic acids is 2. The molecule has 0 aliphatic carbocycles. The first-order valence-electron chi connectivity index (χ1n) is 6.94. The zero-order chi connectivity index (χ0) is 17.8. The van der Waals surface area contributed by atoms with Gasteiger partial charge in [0.15, 0.2) is 0 Å². The number of tetrazole rings is 1. The first-order chi connectivity index (χ1) is 12.1. The molecule has 2 amide bonds. The molecule has 0 radical (unpaired) electrons. The fourth-order valence-electron chi connectivity index (χ4n) is 2.01. The third-order valence-electron chi connectivity index (χ3n) is 3.22. The van der Waals surface area contributed by atoms with E-state index < -0.39 is 17.6 Å². The van der Waals surface area contributed by atoms with Gasteiger partial charge in [0.05, 0.1) is 16.3 Å². The van der Waals surface area contributed by atoms with Crippen LogP contribution in [0, 0.1) is 5.82 Å². The zero-order valence-corrected chi connectivity index (χ0v) is 13.2. The highest BCUT2D eigenvalue weighted by molar-refractivity contribution is 6.33. The summed E-state index contributed by atoms with van der Waals surface area (Å²) in [5.74, 6) is -2.23. The standard InChI is InChI=1S/C15H10ClFN6O2/c16-11-2-1-3-12(17)13(11)15(25)20-19-14(24)9-4-6-10(7-5-9)23-8-18-21-22-23/h1-8H,(H,19,24)(H,20,25). The van der Waals surface area contributed by atoms with Gasteiger partial charge >= 0.3 is 0 Å². The molecule has 8 nitrogen and oxygen atoms in total. The SMILES string of the molecule is O=C(NNC(=O)c1c(F)cccc1Cl)c1ccc(-n2cnnn2)cc1. The highest BCUT2D eigenvalue weighted by atomic mass is 35.5. The van der Waals surface area contributed by atoms with Crippen molar-refractivity contribution in [1.29, 1.82) is 0 Å². The molecule has 1 heterocycles. The number of nitrogens with one attached hydrogen (secondary N) is 2. The lowest BCUT2D eigenvalue weighted by molar-refractivity contribution is 0.0844. The molecule has 2 aromatic carbocycles. The molecule has 1 aromatic heterocycles. The van der Waals surface area contributed by atoms with Crippen LogP contribution in [0.3, 0.4) is 0 Å². The highest BCUT2D eigenvalue weighted by Crippen LogP contribution is 2.18. The van der Waals surface area contributed by atoms with Gasteiger partial charge in [-0.2, -0.15) is 0 Å². The first kappa shape index (κ1) is 16.5. The summed E-state index contributed by atoms with van der Waals surface area (Å²) in [5, 5.41) is 10.7. The Bertz CT molecular complexity index is 894. The third-order valence-corrected chi connectivity index (χ3v) is 3.54. The van der Waals surface area contributed by atoms with Gasteiger partial charge in [0.1, 0.15) is 12.1 Å². The molecule has 2 N–H and O–H groups in total. The Labute approximate surface area is 145 Å². The lowest BCUT2D eigenvalue weighted by Crippen LogP contribution is -2.42. The van der Waals surface area contributed by atoms with Gasteiger partial charge < -0.3 is 0 Å². The topological polar surface area (TPSA) is 102 Å². The van der Waals surface area contributed by atoms with Crippen LogP contribution < -0.4 is 10.9 Å². The predicted molar refractivity (Wildman–Crippen MR) is 85.5 cm³/mol. The van der Waals surface area contributed by atoms with Crippen molar-refractivity contribution in [2.45, 2.75) is 0 Å². The van der Waals surface area contributed by atoms with E-state index in [9.17, 15) is 14.0 Å². The largest absolute Gasteiger partial charge is 0.274 e. The third kappa shape index (κ3) is 3.61. The summed E-state index contributed by atoms with van der Waals surface area (Å²) in [4.78, 5) is 24.0. The van der Waals surface area contributed by atoms with Gasteiger partial charge in [-0.15, -0.1) is 5.10 Å². The number of hydrazine groups is 1. The van der Waals surface area contributed by atoms with Gasteiger partial charge in [-0.05, 0) is 46.8 Å². The highest BCUT2D eigenvalue weighted by Gasteiger charge is 2.16. The van der Waals surface area contributed by atoms with Crippen molar-refractivity contribution in [2.75, 3.05) is 0 Å². The van der Waals surface area contributed by atoms with E-state index in [2.05, 4.69) is 26.4 Å². The molecule has 25 heavy (non-hydrogen) atoms. The second-order valence-corrected chi connectivity index (χ2v) is 5.21. The van der Waals surface area contributed by atoms with Crippen LogP contribution in [0.1, 0.15) is 20.7 Å². The van der Waals surface area contributed by atoms with Gasteiger partial charge in [0.2, 0.25) is 0 Å². The summed E-state index contributed by atoms with van der Waals surface area (Å²) >= 11 is 5.79. The van der Waals surface area contributed by atoms with Crippen molar-refractivity contribution in [3.63, 3.8) is 0 Å². The Morgan fingerprint density at radius 3 is 2.40 bits per heavy atom. The van der Waals surface area contributed by atoms with E-state index in [4.69, 9.17) is 11.6 Å². The molecule has 0 bridgehead atoms. The minimum atomic E-state index is -0.859. The number of hydrogen-bond donors (Lipinski definition) is 2. The maximum Gasteiger partial charge on any atom is 0.274 e. The molecule has 0 unspecified atom stereocenters. The fraction of sp³-hybridized carbons (Fsp3) is 0. The van der Waals surface area contributed by atoms with Gasteiger partial charge in [0.25, 0.3) is 11.8 Å². The van der Waals surface area contributed by atoms with Crippen LogP contribution in [-0.4, -0.2) is 32.0 Å². The van der Waals surface area contributed by atoms with Crippen molar-refractivity contribution >= 4 is 23.4 Å². The monoisotopic (exact) mass is 360 g/mol. The molecular weight excluding hydrogens is 351 g/mol. The van der Waals surface area contributed by atoms with Crippen molar-refractivity contribution in [1.82, 2.24) is 31.1 Å². The summed E-state index contributed by atoms with van der Waals surface area (Å²) in [6.07, 6.45) is 1.41. The van der Waals surface area contributed by atoms with Crippen LogP contribution >= 0.6 is 11.6 Å². The minimum absolute atomic E-state index is 0.0578. The van der Waals surface area contributed by atoms with E-state index in [1.807, 2.05) is 0 Å². The van der Waals surface area contributed by atoms with Gasteiger partial charge in [-0.1, -0.05) is 17.7 Å². The van der Waals surface area contributed by atoms with Gasteiger partial charge in [0, 0.05) is 5.56 Å². The van der Waals surface area contributed by atoms with Crippen LogP contribution in [0.2, 0.25) is 5.02 Å². The summed E-state index contributed by atoms with van der Waals surface area (Å²) in [6, 6.07) is 10.1. The summed E-state index contributed by atoms with van der Waals surface area (Å²) in [6.45, 7) is 0. The molecule has 0 saturated carbocycles. The molecule has 0 spiro atoms. The quantitative estimate of drug-likeness (QED) is 0.690. The Hall–Kier alpha value is -3.33. The smallest absolute Gasteiger partial charge is 0.267 e. The summed E-state index contributed by atoms with van der Waals surface area (Å²) in [5.41, 5.74) is 4.90. The van der Waals surface area contributed by atoms with Crippen LogP contribution in [0.5, 0.6) is 0 Å². The number of halogens is 2. The molecule has 0 aliphatic rings. The Balaban J connectivity index is 1.65. The van der Waals surface area contributed by atoms with Crippen molar-refractivity contribution in [2.24, 2.45) is 0 Å². The van der Waals surface area contributed by atoms with Crippen LogP contribution in [-0.2, 0) is 0 Å². The molecular formula is C15H10ClFN6O2. The predicted octanol–water partition coefficient (Wildman–Crippen LogP) is 1.53. The fourth-order valence-corrected chi connectivity index (χ4v) is 2.26. The molecule has 0 atom stereocenters. The van der Waals surface area contributed by atoms with E-state index in [1.54, 1.807) is 12.1 Å².